The Morgan fingerprint density at radius 3 is 2.89 bits per heavy atom. The lowest BCUT2D eigenvalue weighted by Gasteiger charge is -2.14. The number of hydrogen-bond acceptors (Lipinski definition) is 4. The van der Waals surface area contributed by atoms with Gasteiger partial charge in [-0.05, 0) is 47.9 Å². The summed E-state index contributed by atoms with van der Waals surface area (Å²) < 4.78 is 0. The topological polar surface area (TPSA) is 79.9 Å². The zero-order valence-electron chi connectivity index (χ0n) is 15.2. The van der Waals surface area contributed by atoms with Gasteiger partial charge in [0.1, 0.15) is 0 Å². The minimum absolute atomic E-state index is 0.00421. The fraction of sp³-hybridized carbons (Fsp3) is 0.136. The molecule has 0 fully saturated rings. The number of nitrogens with zero attached hydrogens (tertiary/aromatic N) is 1. The lowest BCUT2D eigenvalue weighted by atomic mass is 10.0. The van der Waals surface area contributed by atoms with Crippen LogP contribution in [0.1, 0.15) is 30.6 Å². The van der Waals surface area contributed by atoms with E-state index in [1.165, 1.54) is 0 Å². The first-order valence-corrected chi connectivity index (χ1v) is 8.74. The molecule has 0 aromatic heterocycles. The highest BCUT2D eigenvalue weighted by Gasteiger charge is 2.23. The van der Waals surface area contributed by atoms with Gasteiger partial charge in [-0.25, -0.2) is 0 Å². The van der Waals surface area contributed by atoms with Gasteiger partial charge in [-0.1, -0.05) is 54.2 Å². The van der Waals surface area contributed by atoms with Crippen molar-refractivity contribution in [2.45, 2.75) is 19.4 Å². The minimum atomic E-state index is -0.297. The average molecular weight is 361 g/mol. The van der Waals surface area contributed by atoms with E-state index in [-0.39, 0.29) is 12.0 Å². The number of aliphatic hydroxyl groups excluding tert-OH is 1. The second-order valence-electron chi connectivity index (χ2n) is 6.22. The van der Waals surface area contributed by atoms with E-state index in [2.05, 4.69) is 23.1 Å². The minimum Gasteiger partial charge on any atom is -0.494 e. The quantitative estimate of drug-likeness (QED) is 0.469. The summed E-state index contributed by atoms with van der Waals surface area (Å²) in [5.74, 6) is 0.00421. The Morgan fingerprint density at radius 2 is 2.19 bits per heavy atom. The second kappa shape index (κ2) is 8.27. The Morgan fingerprint density at radius 1 is 1.33 bits per heavy atom. The second-order valence-corrected chi connectivity index (χ2v) is 6.22. The summed E-state index contributed by atoms with van der Waals surface area (Å²) >= 11 is 0. The predicted octanol–water partition coefficient (Wildman–Crippen LogP) is 5.49. The number of oxime groups is 1. The standard InChI is InChI=1S/C22H23N3O2/c1-3-6-15(7-4-2)16-8-5-9-18(12-16)24-20-13-17(10-11-19(20)23)21-14-22(26)25-27-21/h3-13,21,24H,1,14,23H2,2H3,(H,25,26)/b7-4-,15-6+. The van der Waals surface area contributed by atoms with E-state index in [1.54, 1.807) is 6.08 Å². The van der Waals surface area contributed by atoms with E-state index in [1.807, 2.05) is 61.5 Å². The third-order valence-electron chi connectivity index (χ3n) is 4.22. The third kappa shape index (κ3) is 4.39. The molecule has 0 saturated carbocycles. The highest BCUT2D eigenvalue weighted by molar-refractivity contribution is 5.80. The highest BCUT2D eigenvalue weighted by Crippen LogP contribution is 2.32. The summed E-state index contributed by atoms with van der Waals surface area (Å²) in [4.78, 5) is 5.25. The van der Waals surface area contributed by atoms with Crippen molar-refractivity contribution in [3.63, 3.8) is 0 Å². The Balaban J connectivity index is 1.86. The van der Waals surface area contributed by atoms with Crippen LogP contribution in [0.5, 0.6) is 0 Å². The van der Waals surface area contributed by atoms with E-state index in [9.17, 15) is 5.11 Å². The van der Waals surface area contributed by atoms with E-state index >= 15 is 0 Å². The van der Waals surface area contributed by atoms with E-state index < -0.39 is 0 Å². The molecule has 0 bridgehead atoms. The summed E-state index contributed by atoms with van der Waals surface area (Å²) in [6.07, 6.45) is 7.84. The van der Waals surface area contributed by atoms with Gasteiger partial charge in [-0.15, -0.1) is 0 Å². The Kier molecular flexibility index (Phi) is 5.61. The number of allylic oxidation sites excluding steroid dienone is 5. The maximum atomic E-state index is 9.46. The third-order valence-corrected chi connectivity index (χ3v) is 4.22. The molecule has 5 heteroatoms. The molecule has 0 amide bonds. The van der Waals surface area contributed by atoms with Crippen LogP contribution in [0.25, 0.3) is 5.57 Å². The van der Waals surface area contributed by atoms with Crippen molar-refractivity contribution in [2.75, 3.05) is 11.1 Å². The molecule has 3 rings (SSSR count). The molecular weight excluding hydrogens is 338 g/mol. The molecule has 1 atom stereocenters. The fourth-order valence-electron chi connectivity index (χ4n) is 2.91. The average Bonchev–Trinajstić information content (AvgIpc) is 3.10. The molecule has 5 nitrogen and oxygen atoms in total. The van der Waals surface area contributed by atoms with Crippen LogP contribution in [0.2, 0.25) is 0 Å². The number of benzene rings is 2. The molecule has 2 aromatic carbocycles. The van der Waals surface area contributed by atoms with Crippen LogP contribution in [0.3, 0.4) is 0 Å². The number of hydrogen-bond donors (Lipinski definition) is 3. The van der Waals surface area contributed by atoms with Gasteiger partial charge >= 0.3 is 0 Å². The molecule has 1 aliphatic heterocycles. The lowest BCUT2D eigenvalue weighted by Crippen LogP contribution is -2.02. The Labute approximate surface area is 159 Å². The molecular formula is C22H23N3O2. The largest absolute Gasteiger partial charge is 0.494 e. The molecule has 0 radical (unpaired) electrons. The number of rotatable bonds is 6. The normalized spacial score (nSPS) is 16.9. The van der Waals surface area contributed by atoms with Gasteiger partial charge in [-0.3, -0.25) is 0 Å². The number of nitrogens with two attached hydrogens (primary N) is 1. The van der Waals surface area contributed by atoms with Crippen LogP contribution in [0.4, 0.5) is 17.1 Å². The molecule has 2 aromatic rings. The van der Waals surface area contributed by atoms with E-state index in [0.29, 0.717) is 12.1 Å². The SMILES string of the molecule is C=C/C=C(\C=C/C)c1cccc(Nc2cc(C3CC(O)=NO3)ccc2N)c1. The molecule has 1 aliphatic rings. The summed E-state index contributed by atoms with van der Waals surface area (Å²) in [5.41, 5.74) is 11.5. The number of aliphatic hydroxyl groups is 1. The monoisotopic (exact) mass is 361 g/mol. The predicted molar refractivity (Wildman–Crippen MR) is 112 cm³/mol. The molecule has 1 unspecified atom stereocenters. The summed E-state index contributed by atoms with van der Waals surface area (Å²) in [6, 6.07) is 13.7. The van der Waals surface area contributed by atoms with Crippen molar-refractivity contribution in [2.24, 2.45) is 5.16 Å². The van der Waals surface area contributed by atoms with Gasteiger partial charge in [0.15, 0.2) is 6.10 Å². The zero-order chi connectivity index (χ0) is 19.2. The maximum absolute atomic E-state index is 9.46. The van der Waals surface area contributed by atoms with Crippen molar-refractivity contribution in [1.82, 2.24) is 0 Å². The van der Waals surface area contributed by atoms with Gasteiger partial charge in [0, 0.05) is 5.69 Å². The van der Waals surface area contributed by atoms with Crippen LogP contribution in [-0.4, -0.2) is 11.0 Å². The number of nitrogen functional groups attached to an aromatic ring is 1. The molecule has 0 saturated heterocycles. The fourth-order valence-corrected chi connectivity index (χ4v) is 2.91. The van der Waals surface area contributed by atoms with Crippen LogP contribution in [-0.2, 0) is 4.84 Å². The van der Waals surface area contributed by atoms with E-state index in [0.717, 1.165) is 28.1 Å². The van der Waals surface area contributed by atoms with Gasteiger partial charge in [0.05, 0.1) is 17.8 Å². The molecule has 4 N–H and O–H groups in total. The number of anilines is 3. The summed E-state index contributed by atoms with van der Waals surface area (Å²) in [5, 5.41) is 16.4. The Hall–Kier alpha value is -3.47. The van der Waals surface area contributed by atoms with Gasteiger partial charge in [0.25, 0.3) is 0 Å². The van der Waals surface area contributed by atoms with Crippen LogP contribution < -0.4 is 11.1 Å². The first-order chi connectivity index (χ1) is 13.1. The molecule has 138 valence electrons. The summed E-state index contributed by atoms with van der Waals surface area (Å²) in [7, 11) is 0. The van der Waals surface area contributed by atoms with E-state index in [4.69, 9.17) is 10.6 Å². The van der Waals surface area contributed by atoms with Gasteiger partial charge in [0.2, 0.25) is 5.90 Å². The zero-order valence-corrected chi connectivity index (χ0v) is 15.2. The van der Waals surface area contributed by atoms with Crippen molar-refractivity contribution >= 4 is 28.5 Å². The first kappa shape index (κ1) is 18.3. The highest BCUT2D eigenvalue weighted by atomic mass is 16.7. The maximum Gasteiger partial charge on any atom is 0.227 e. The Bertz CT molecular complexity index is 929. The number of nitrogens with one attached hydrogen (secondary N) is 1. The lowest BCUT2D eigenvalue weighted by molar-refractivity contribution is 0.0855. The smallest absolute Gasteiger partial charge is 0.227 e. The van der Waals surface area contributed by atoms with Crippen molar-refractivity contribution < 1.29 is 9.94 Å². The van der Waals surface area contributed by atoms with Gasteiger partial charge in [-0.2, -0.15) is 0 Å². The van der Waals surface area contributed by atoms with Crippen molar-refractivity contribution in [3.05, 3.63) is 84.5 Å². The molecule has 1 heterocycles. The molecule has 0 spiro atoms. The first-order valence-electron chi connectivity index (χ1n) is 8.74. The molecule has 0 aliphatic carbocycles. The summed E-state index contributed by atoms with van der Waals surface area (Å²) in [6.45, 7) is 5.77. The van der Waals surface area contributed by atoms with Gasteiger partial charge < -0.3 is 21.0 Å². The van der Waals surface area contributed by atoms with Crippen molar-refractivity contribution in [1.29, 1.82) is 0 Å². The van der Waals surface area contributed by atoms with Crippen LogP contribution >= 0.6 is 0 Å². The van der Waals surface area contributed by atoms with Crippen molar-refractivity contribution in [3.8, 4) is 0 Å². The van der Waals surface area contributed by atoms with Crippen LogP contribution in [0, 0.1) is 0 Å². The molecule has 27 heavy (non-hydrogen) atoms. The van der Waals surface area contributed by atoms with Crippen LogP contribution in [0.15, 0.2) is 78.5 Å².